The fraction of sp³-hybridized carbons (Fsp3) is 0.893. The molecule has 0 heterocycles. The van der Waals surface area contributed by atoms with E-state index in [1.165, 1.54) is 69.8 Å². The van der Waals surface area contributed by atoms with Crippen molar-refractivity contribution in [1.82, 2.24) is 0 Å². The molecule has 0 aromatic heterocycles. The van der Waals surface area contributed by atoms with Crippen LogP contribution < -0.4 is 0 Å². The summed E-state index contributed by atoms with van der Waals surface area (Å²) < 4.78 is 0. The molecule has 7 unspecified atom stereocenters. The van der Waals surface area contributed by atoms with Crippen LogP contribution in [0.25, 0.3) is 0 Å². The van der Waals surface area contributed by atoms with Gasteiger partial charge in [-0.2, -0.15) is 0 Å². The lowest BCUT2D eigenvalue weighted by molar-refractivity contribution is -0.117. The van der Waals surface area contributed by atoms with E-state index in [1.807, 2.05) is 0 Å². The maximum Gasteiger partial charge on any atom is 0.155 e. The quantitative estimate of drug-likeness (QED) is 0.443. The van der Waals surface area contributed by atoms with Gasteiger partial charge in [0, 0.05) is 6.42 Å². The number of allylic oxidation sites excluding steroid dienone is 1. The normalized spacial score (nSPS) is 42.8. The van der Waals surface area contributed by atoms with Crippen molar-refractivity contribution in [3.8, 4) is 0 Å². The van der Waals surface area contributed by atoms with Crippen molar-refractivity contribution in [2.75, 3.05) is 0 Å². The zero-order chi connectivity index (χ0) is 20.8. The van der Waals surface area contributed by atoms with Crippen LogP contribution in [0.15, 0.2) is 11.6 Å². The first-order valence-electron chi connectivity index (χ1n) is 13.0. The molecule has 0 radical (unpaired) electrons. The summed E-state index contributed by atoms with van der Waals surface area (Å²) in [5.41, 5.74) is 2.46. The van der Waals surface area contributed by atoms with E-state index in [1.54, 1.807) is 0 Å². The highest BCUT2D eigenvalue weighted by atomic mass is 16.1. The molecular weight excluding hydrogens is 352 g/mol. The van der Waals surface area contributed by atoms with Crippen LogP contribution in [0.2, 0.25) is 0 Å². The zero-order valence-corrected chi connectivity index (χ0v) is 19.9. The van der Waals surface area contributed by atoms with E-state index in [0.717, 1.165) is 48.3 Å². The molecule has 0 aromatic carbocycles. The Kier molecular flexibility index (Phi) is 6.09. The van der Waals surface area contributed by atoms with Gasteiger partial charge in [0.05, 0.1) is 0 Å². The largest absolute Gasteiger partial charge is 0.295 e. The molecule has 0 aromatic rings. The monoisotopic (exact) mass is 398 g/mol. The second-order valence-electron chi connectivity index (χ2n) is 12.1. The molecule has 0 saturated heterocycles. The van der Waals surface area contributed by atoms with Gasteiger partial charge in [-0.05, 0) is 104 Å². The number of hydrogen-bond donors (Lipinski definition) is 0. The van der Waals surface area contributed by atoms with Crippen LogP contribution in [0.1, 0.15) is 112 Å². The number of fused-ring (bicyclic) bond motifs is 5. The van der Waals surface area contributed by atoms with Crippen molar-refractivity contribution in [2.45, 2.75) is 112 Å². The van der Waals surface area contributed by atoms with Gasteiger partial charge >= 0.3 is 0 Å². The standard InChI is InChI=1S/C28H46O/c1-6-20(19(2)3)8-7-9-21-11-13-25-24-12-10-22-18-23(29)14-16-28(22,5)26(24)15-17-27(21,25)4/h18-21,24-26H,6-17H2,1-5H3. The molecule has 3 fully saturated rings. The highest BCUT2D eigenvalue weighted by molar-refractivity contribution is 5.91. The third-order valence-electron chi connectivity index (χ3n) is 10.8. The third-order valence-corrected chi connectivity index (χ3v) is 10.8. The molecule has 29 heavy (non-hydrogen) atoms. The Morgan fingerprint density at radius 2 is 1.83 bits per heavy atom. The lowest BCUT2D eigenvalue weighted by Gasteiger charge is -2.58. The first kappa shape index (κ1) is 21.6. The summed E-state index contributed by atoms with van der Waals surface area (Å²) in [5.74, 6) is 5.85. The molecular formula is C28H46O. The Morgan fingerprint density at radius 1 is 1.03 bits per heavy atom. The van der Waals surface area contributed by atoms with E-state index in [-0.39, 0.29) is 0 Å². The van der Waals surface area contributed by atoms with Gasteiger partial charge in [0.2, 0.25) is 0 Å². The Balaban J connectivity index is 1.44. The van der Waals surface area contributed by atoms with E-state index in [9.17, 15) is 4.79 Å². The molecule has 4 rings (SSSR count). The van der Waals surface area contributed by atoms with E-state index in [0.29, 0.717) is 16.6 Å². The number of rotatable bonds is 6. The van der Waals surface area contributed by atoms with Crippen LogP contribution in [-0.2, 0) is 4.79 Å². The predicted octanol–water partition coefficient (Wildman–Crippen LogP) is 7.99. The second-order valence-corrected chi connectivity index (χ2v) is 12.1. The van der Waals surface area contributed by atoms with Crippen LogP contribution >= 0.6 is 0 Å². The number of ketones is 1. The average molecular weight is 399 g/mol. The van der Waals surface area contributed by atoms with Crippen molar-refractivity contribution in [3.05, 3.63) is 11.6 Å². The van der Waals surface area contributed by atoms with Gasteiger partial charge in [0.1, 0.15) is 0 Å². The second kappa shape index (κ2) is 8.16. The Hall–Kier alpha value is -0.590. The van der Waals surface area contributed by atoms with Gasteiger partial charge in [-0.3, -0.25) is 4.79 Å². The van der Waals surface area contributed by atoms with Crippen molar-refractivity contribution in [1.29, 1.82) is 0 Å². The summed E-state index contributed by atoms with van der Waals surface area (Å²) in [7, 11) is 0. The Labute approximate surface area is 180 Å². The van der Waals surface area contributed by atoms with Gasteiger partial charge in [-0.1, -0.05) is 59.5 Å². The lowest BCUT2D eigenvalue weighted by atomic mass is 9.46. The number of carbonyl (C=O) groups is 1. The zero-order valence-electron chi connectivity index (χ0n) is 19.9. The summed E-state index contributed by atoms with van der Waals surface area (Å²) in [6, 6.07) is 0. The van der Waals surface area contributed by atoms with Crippen molar-refractivity contribution in [2.24, 2.45) is 46.3 Å². The molecule has 0 amide bonds. The predicted molar refractivity (Wildman–Crippen MR) is 123 cm³/mol. The molecule has 1 nitrogen and oxygen atoms in total. The summed E-state index contributed by atoms with van der Waals surface area (Å²) >= 11 is 0. The number of hydrogen-bond acceptors (Lipinski definition) is 1. The molecule has 7 atom stereocenters. The fourth-order valence-electron chi connectivity index (χ4n) is 8.78. The van der Waals surface area contributed by atoms with Crippen LogP contribution in [-0.4, -0.2) is 5.78 Å². The van der Waals surface area contributed by atoms with E-state index >= 15 is 0 Å². The van der Waals surface area contributed by atoms with Gasteiger partial charge in [-0.15, -0.1) is 0 Å². The van der Waals surface area contributed by atoms with E-state index in [2.05, 4.69) is 40.7 Å². The molecule has 0 N–H and O–H groups in total. The maximum atomic E-state index is 12.0. The summed E-state index contributed by atoms with van der Waals surface area (Å²) in [5, 5.41) is 0. The van der Waals surface area contributed by atoms with E-state index in [4.69, 9.17) is 0 Å². The van der Waals surface area contributed by atoms with Gasteiger partial charge in [-0.25, -0.2) is 0 Å². The Bertz CT molecular complexity index is 645. The van der Waals surface area contributed by atoms with Gasteiger partial charge in [0.15, 0.2) is 5.78 Å². The average Bonchev–Trinajstić information content (AvgIpc) is 3.02. The van der Waals surface area contributed by atoms with E-state index < -0.39 is 0 Å². The summed E-state index contributed by atoms with van der Waals surface area (Å²) in [6.07, 6.45) is 18.1. The minimum atomic E-state index is 0.335. The molecule has 0 spiro atoms. The topological polar surface area (TPSA) is 17.1 Å². The molecule has 4 aliphatic rings. The minimum Gasteiger partial charge on any atom is -0.295 e. The van der Waals surface area contributed by atoms with Crippen molar-refractivity contribution >= 4 is 5.78 Å². The van der Waals surface area contributed by atoms with Gasteiger partial charge < -0.3 is 0 Å². The molecule has 164 valence electrons. The Morgan fingerprint density at radius 3 is 2.55 bits per heavy atom. The minimum absolute atomic E-state index is 0.335. The van der Waals surface area contributed by atoms with Crippen molar-refractivity contribution in [3.63, 3.8) is 0 Å². The van der Waals surface area contributed by atoms with Crippen LogP contribution in [0, 0.1) is 46.3 Å². The highest BCUT2D eigenvalue weighted by Crippen LogP contribution is 2.67. The summed E-state index contributed by atoms with van der Waals surface area (Å²) in [4.78, 5) is 12.0. The van der Waals surface area contributed by atoms with Crippen LogP contribution in [0.4, 0.5) is 0 Å². The van der Waals surface area contributed by atoms with Crippen LogP contribution in [0.5, 0.6) is 0 Å². The van der Waals surface area contributed by atoms with Crippen molar-refractivity contribution < 1.29 is 4.79 Å². The smallest absolute Gasteiger partial charge is 0.155 e. The third kappa shape index (κ3) is 3.67. The first-order chi connectivity index (χ1) is 13.8. The molecule has 1 heteroatoms. The van der Waals surface area contributed by atoms with Crippen LogP contribution in [0.3, 0.4) is 0 Å². The first-order valence-corrected chi connectivity index (χ1v) is 13.0. The lowest BCUT2D eigenvalue weighted by Crippen LogP contribution is -2.50. The highest BCUT2D eigenvalue weighted by Gasteiger charge is 2.58. The molecule has 4 aliphatic carbocycles. The summed E-state index contributed by atoms with van der Waals surface area (Å²) in [6.45, 7) is 12.4. The maximum absolute atomic E-state index is 12.0. The molecule has 0 aliphatic heterocycles. The fourth-order valence-corrected chi connectivity index (χ4v) is 8.78. The SMILES string of the molecule is CCC(CCCC1CCC2C3CCC4=CC(=O)CCC4(C)C3CCC12C)C(C)C. The molecule has 0 bridgehead atoms. The number of carbonyl (C=O) groups excluding carboxylic acids is 1. The molecule has 3 saturated carbocycles. The van der Waals surface area contributed by atoms with Gasteiger partial charge in [0.25, 0.3) is 0 Å².